The van der Waals surface area contributed by atoms with Crippen molar-refractivity contribution in [3.63, 3.8) is 0 Å². The predicted molar refractivity (Wildman–Crippen MR) is 90.6 cm³/mol. The van der Waals surface area contributed by atoms with Crippen LogP contribution >= 0.6 is 0 Å². The van der Waals surface area contributed by atoms with Gasteiger partial charge < -0.3 is 20.9 Å². The van der Waals surface area contributed by atoms with E-state index in [1.165, 1.54) is 0 Å². The van der Waals surface area contributed by atoms with Gasteiger partial charge in [0.2, 0.25) is 0 Å². The van der Waals surface area contributed by atoms with Crippen LogP contribution in [0.3, 0.4) is 0 Å². The van der Waals surface area contributed by atoms with Gasteiger partial charge in [-0.05, 0) is 32.4 Å². The van der Waals surface area contributed by atoms with Crippen LogP contribution in [0.2, 0.25) is 0 Å². The average molecular weight is 317 g/mol. The van der Waals surface area contributed by atoms with E-state index in [4.69, 9.17) is 20.9 Å². The van der Waals surface area contributed by atoms with E-state index in [0.29, 0.717) is 34.6 Å². The van der Waals surface area contributed by atoms with Crippen LogP contribution in [-0.4, -0.2) is 30.2 Å². The van der Waals surface area contributed by atoms with Crippen molar-refractivity contribution < 1.29 is 14.3 Å². The van der Waals surface area contributed by atoms with Gasteiger partial charge in [0.05, 0.1) is 28.9 Å². The van der Waals surface area contributed by atoms with Crippen LogP contribution in [0.5, 0.6) is 5.75 Å². The van der Waals surface area contributed by atoms with Gasteiger partial charge in [-0.25, -0.2) is 4.79 Å². The highest BCUT2D eigenvalue weighted by Crippen LogP contribution is 2.33. The van der Waals surface area contributed by atoms with Crippen LogP contribution in [0.1, 0.15) is 36.3 Å². The highest BCUT2D eigenvalue weighted by atomic mass is 16.5. The molecule has 1 heterocycles. The number of hydrogen-bond acceptors (Lipinski definition) is 6. The molecule has 0 saturated carbocycles. The molecule has 0 bridgehead atoms. The second-order valence-corrected chi connectivity index (χ2v) is 5.34. The van der Waals surface area contributed by atoms with E-state index in [1.54, 1.807) is 19.9 Å². The van der Waals surface area contributed by atoms with Crippen molar-refractivity contribution in [1.29, 1.82) is 0 Å². The fourth-order valence-corrected chi connectivity index (χ4v) is 2.34. The molecule has 124 valence electrons. The van der Waals surface area contributed by atoms with E-state index in [-0.39, 0.29) is 18.2 Å². The Morgan fingerprint density at radius 1 is 1.35 bits per heavy atom. The normalized spacial score (nSPS) is 12.2. The van der Waals surface area contributed by atoms with Crippen molar-refractivity contribution >= 4 is 22.6 Å². The number of anilines is 1. The van der Waals surface area contributed by atoms with Crippen molar-refractivity contribution in [3.05, 3.63) is 29.5 Å². The summed E-state index contributed by atoms with van der Waals surface area (Å²) in [6.07, 6.45) is 0.811. The van der Waals surface area contributed by atoms with E-state index in [2.05, 4.69) is 4.98 Å². The molecule has 1 aromatic carbocycles. The average Bonchev–Trinajstić information content (AvgIpc) is 2.52. The lowest BCUT2D eigenvalue weighted by Crippen LogP contribution is -2.26. The summed E-state index contributed by atoms with van der Waals surface area (Å²) in [5, 5.41) is 0.615. The largest absolute Gasteiger partial charge is 0.491 e. The first-order valence-electron chi connectivity index (χ1n) is 7.73. The van der Waals surface area contributed by atoms with E-state index < -0.39 is 5.97 Å². The maximum Gasteiger partial charge on any atom is 0.342 e. The summed E-state index contributed by atoms with van der Waals surface area (Å²) < 4.78 is 10.9. The van der Waals surface area contributed by atoms with Gasteiger partial charge >= 0.3 is 5.97 Å². The van der Waals surface area contributed by atoms with Crippen molar-refractivity contribution in [3.8, 4) is 5.75 Å². The number of benzene rings is 1. The van der Waals surface area contributed by atoms with Crippen LogP contribution in [0, 0.1) is 6.92 Å². The van der Waals surface area contributed by atoms with Crippen molar-refractivity contribution in [1.82, 2.24) is 4.98 Å². The highest BCUT2D eigenvalue weighted by molar-refractivity contribution is 6.07. The number of nitrogen functional groups attached to an aromatic ring is 1. The van der Waals surface area contributed by atoms with Crippen molar-refractivity contribution in [2.75, 3.05) is 18.9 Å². The number of aryl methyl sites for hydroxylation is 1. The summed E-state index contributed by atoms with van der Waals surface area (Å²) >= 11 is 0. The number of hydrogen-bond donors (Lipinski definition) is 2. The molecule has 0 fully saturated rings. The minimum atomic E-state index is -0.475. The molecule has 0 spiro atoms. The third kappa shape index (κ3) is 3.53. The highest BCUT2D eigenvalue weighted by Gasteiger charge is 2.20. The molecule has 1 atom stereocenters. The fourth-order valence-electron chi connectivity index (χ4n) is 2.34. The Labute approximate surface area is 135 Å². The number of carbonyl (C=O) groups excluding carboxylic acids is 1. The minimum absolute atomic E-state index is 0.0607. The third-order valence-electron chi connectivity index (χ3n) is 3.65. The van der Waals surface area contributed by atoms with E-state index in [9.17, 15) is 4.79 Å². The molecule has 6 heteroatoms. The summed E-state index contributed by atoms with van der Waals surface area (Å²) in [5.74, 6) is 0.0962. The Balaban J connectivity index is 2.53. The van der Waals surface area contributed by atoms with Crippen LogP contribution in [-0.2, 0) is 4.74 Å². The van der Waals surface area contributed by atoms with Gasteiger partial charge in [-0.3, -0.25) is 4.98 Å². The summed E-state index contributed by atoms with van der Waals surface area (Å²) in [4.78, 5) is 16.6. The van der Waals surface area contributed by atoms with Gasteiger partial charge in [-0.2, -0.15) is 0 Å². The molecule has 2 rings (SSSR count). The molecule has 4 N–H and O–H groups in total. The topological polar surface area (TPSA) is 100 Å². The first-order chi connectivity index (χ1) is 11.0. The maximum atomic E-state index is 12.2. The van der Waals surface area contributed by atoms with Crippen LogP contribution in [0.4, 0.5) is 5.69 Å². The first kappa shape index (κ1) is 17.0. The van der Waals surface area contributed by atoms with Gasteiger partial charge in [0.1, 0.15) is 17.9 Å². The Kier molecular flexibility index (Phi) is 5.39. The molecule has 0 radical (unpaired) electrons. The fraction of sp³-hybridized carbons (Fsp3) is 0.412. The molecule has 23 heavy (non-hydrogen) atoms. The number of ether oxygens (including phenoxy) is 2. The lowest BCUT2D eigenvalue weighted by molar-refractivity contribution is 0.0526. The van der Waals surface area contributed by atoms with Crippen molar-refractivity contribution in [2.45, 2.75) is 33.2 Å². The quantitative estimate of drug-likeness (QED) is 0.794. The second kappa shape index (κ2) is 7.28. The standard InChI is InChI=1S/C17H23N3O3/c1-4-11(18)9-23-13-8-6-7-12-15(13)16(19)14(10(3)20-12)17(21)22-5-2/h6-8,11H,4-5,9,18H2,1-3H3,(H2,19,20). The summed E-state index contributed by atoms with van der Waals surface area (Å²) in [6.45, 7) is 6.13. The number of esters is 1. The molecule has 2 aromatic rings. The number of nitrogens with zero attached hydrogens (tertiary/aromatic N) is 1. The number of aromatic nitrogens is 1. The lowest BCUT2D eigenvalue weighted by atomic mass is 10.1. The molecule has 0 amide bonds. The number of nitrogens with two attached hydrogens (primary N) is 2. The number of fused-ring (bicyclic) bond motifs is 1. The molecule has 0 aliphatic carbocycles. The molecule has 0 saturated heterocycles. The van der Waals surface area contributed by atoms with E-state index >= 15 is 0 Å². The zero-order valence-corrected chi connectivity index (χ0v) is 13.8. The molecule has 0 aliphatic rings. The predicted octanol–water partition coefficient (Wildman–Crippen LogP) is 2.42. The molecule has 1 aromatic heterocycles. The van der Waals surface area contributed by atoms with Crippen molar-refractivity contribution in [2.24, 2.45) is 5.73 Å². The Morgan fingerprint density at radius 3 is 2.74 bits per heavy atom. The third-order valence-corrected chi connectivity index (χ3v) is 3.65. The summed E-state index contributed by atoms with van der Waals surface area (Å²) in [7, 11) is 0. The molecular formula is C17H23N3O3. The van der Waals surface area contributed by atoms with Gasteiger partial charge in [-0.1, -0.05) is 13.0 Å². The Bertz CT molecular complexity index is 716. The van der Waals surface area contributed by atoms with Crippen LogP contribution in [0.15, 0.2) is 18.2 Å². The number of rotatable bonds is 6. The summed E-state index contributed by atoms with van der Waals surface area (Å²) in [6, 6.07) is 5.41. The maximum absolute atomic E-state index is 12.2. The van der Waals surface area contributed by atoms with Gasteiger partial charge in [0.15, 0.2) is 0 Å². The van der Waals surface area contributed by atoms with Crippen LogP contribution in [0.25, 0.3) is 10.9 Å². The summed E-state index contributed by atoms with van der Waals surface area (Å²) in [5.41, 5.74) is 14.0. The van der Waals surface area contributed by atoms with Gasteiger partial charge in [0, 0.05) is 6.04 Å². The Hall–Kier alpha value is -2.34. The van der Waals surface area contributed by atoms with Gasteiger partial charge in [0.25, 0.3) is 0 Å². The van der Waals surface area contributed by atoms with E-state index in [0.717, 1.165) is 6.42 Å². The Morgan fingerprint density at radius 2 is 2.09 bits per heavy atom. The lowest BCUT2D eigenvalue weighted by Gasteiger charge is -2.16. The molecule has 1 unspecified atom stereocenters. The molecular weight excluding hydrogens is 294 g/mol. The number of pyridine rings is 1. The molecule has 6 nitrogen and oxygen atoms in total. The van der Waals surface area contributed by atoms with Gasteiger partial charge in [-0.15, -0.1) is 0 Å². The van der Waals surface area contributed by atoms with E-state index in [1.807, 2.05) is 19.1 Å². The second-order valence-electron chi connectivity index (χ2n) is 5.34. The monoisotopic (exact) mass is 317 g/mol. The number of carbonyl (C=O) groups is 1. The first-order valence-corrected chi connectivity index (χ1v) is 7.73. The van der Waals surface area contributed by atoms with Crippen LogP contribution < -0.4 is 16.2 Å². The zero-order valence-electron chi connectivity index (χ0n) is 13.8. The SMILES string of the molecule is CCOC(=O)c1c(C)nc2cccc(OCC(N)CC)c2c1N. The smallest absolute Gasteiger partial charge is 0.342 e. The minimum Gasteiger partial charge on any atom is -0.491 e. The zero-order chi connectivity index (χ0) is 17.0. The molecule has 0 aliphatic heterocycles.